The van der Waals surface area contributed by atoms with Gasteiger partial charge in [0, 0.05) is 25.8 Å². The van der Waals surface area contributed by atoms with Gasteiger partial charge >= 0.3 is 0 Å². The van der Waals surface area contributed by atoms with Gasteiger partial charge in [-0.25, -0.2) is 9.97 Å². The second-order valence-electron chi connectivity index (χ2n) is 7.11. The van der Waals surface area contributed by atoms with Crippen LogP contribution in [-0.2, 0) is 9.47 Å². The van der Waals surface area contributed by atoms with Crippen LogP contribution < -0.4 is 0 Å². The van der Waals surface area contributed by atoms with E-state index in [9.17, 15) is 4.79 Å². The Hall–Kier alpha value is -2.41. The molecule has 2 atom stereocenters. The maximum atomic E-state index is 13.2. The van der Waals surface area contributed by atoms with Crippen LogP contribution in [0.2, 0.25) is 0 Å². The lowest BCUT2D eigenvalue weighted by Crippen LogP contribution is -2.46. The molecule has 0 spiro atoms. The van der Waals surface area contributed by atoms with Crippen LogP contribution in [-0.4, -0.2) is 58.5 Å². The van der Waals surface area contributed by atoms with Gasteiger partial charge in [0.15, 0.2) is 0 Å². The Morgan fingerprint density at radius 1 is 1.23 bits per heavy atom. The molecule has 1 aromatic heterocycles. The molecule has 6 nitrogen and oxygen atoms in total. The van der Waals surface area contributed by atoms with E-state index in [-0.39, 0.29) is 5.91 Å². The Morgan fingerprint density at radius 2 is 2.00 bits per heavy atom. The molecular formula is C22H21Cl2N3O3. The highest BCUT2D eigenvalue weighted by molar-refractivity contribution is 6.34. The summed E-state index contributed by atoms with van der Waals surface area (Å²) >= 11 is 13.2. The Morgan fingerprint density at radius 3 is 2.70 bits per heavy atom. The second kappa shape index (κ2) is 8.38. The zero-order chi connectivity index (χ0) is 21.3. The van der Waals surface area contributed by atoms with Crippen LogP contribution in [0.5, 0.6) is 0 Å². The standard InChI is InChI=1S/C22H21Cl2N3O3/c1-29-19-10-15-12-27(9-8-16(15)20(23)22(19,24)30-2)21(28)18-11-17(25-13-26-18)14-6-4-3-5-7-14/h3-7,10-11,13,20H,8-9,12H2,1-2H3. The van der Waals surface area contributed by atoms with Crippen molar-refractivity contribution in [1.29, 1.82) is 0 Å². The summed E-state index contributed by atoms with van der Waals surface area (Å²) in [5.74, 6) is 0.266. The Labute approximate surface area is 185 Å². The first-order valence-corrected chi connectivity index (χ1v) is 10.3. The van der Waals surface area contributed by atoms with Crippen molar-refractivity contribution in [3.05, 3.63) is 71.4 Å². The molecular weight excluding hydrogens is 425 g/mol. The molecule has 0 radical (unpaired) electrons. The maximum absolute atomic E-state index is 13.2. The quantitative estimate of drug-likeness (QED) is 0.664. The summed E-state index contributed by atoms with van der Waals surface area (Å²) in [6, 6.07) is 11.4. The monoisotopic (exact) mass is 445 g/mol. The number of hydrogen-bond donors (Lipinski definition) is 0. The minimum absolute atomic E-state index is 0.158. The number of aromatic nitrogens is 2. The van der Waals surface area contributed by atoms with Gasteiger partial charge in [0.25, 0.3) is 5.91 Å². The number of rotatable bonds is 4. The number of amides is 1. The van der Waals surface area contributed by atoms with Crippen LogP contribution in [0.25, 0.3) is 11.3 Å². The lowest BCUT2D eigenvalue weighted by molar-refractivity contribution is 0.0437. The van der Waals surface area contributed by atoms with Gasteiger partial charge in [-0.3, -0.25) is 4.79 Å². The highest BCUT2D eigenvalue weighted by Gasteiger charge is 2.47. The van der Waals surface area contributed by atoms with Gasteiger partial charge in [-0.1, -0.05) is 41.9 Å². The molecule has 0 saturated heterocycles. The van der Waals surface area contributed by atoms with E-state index in [1.54, 1.807) is 11.0 Å². The van der Waals surface area contributed by atoms with E-state index in [0.29, 0.717) is 36.7 Å². The lowest BCUT2D eigenvalue weighted by Gasteiger charge is -2.40. The van der Waals surface area contributed by atoms with Crippen LogP contribution in [0.4, 0.5) is 0 Å². The fourth-order valence-electron chi connectivity index (χ4n) is 3.81. The molecule has 2 aromatic rings. The number of halogens is 2. The molecule has 156 valence electrons. The number of alkyl halides is 2. The summed E-state index contributed by atoms with van der Waals surface area (Å²) in [6.07, 6.45) is 3.83. The number of carbonyl (C=O) groups is 1. The third-order valence-corrected chi connectivity index (χ3v) is 6.70. The van der Waals surface area contributed by atoms with Crippen LogP contribution >= 0.6 is 23.2 Å². The first kappa shape index (κ1) is 20.8. The van der Waals surface area contributed by atoms with Gasteiger partial charge in [-0.15, -0.1) is 11.6 Å². The van der Waals surface area contributed by atoms with Crippen molar-refractivity contribution >= 4 is 29.1 Å². The molecule has 2 unspecified atom stereocenters. The minimum atomic E-state index is -1.25. The average Bonchev–Trinajstić information content (AvgIpc) is 2.81. The minimum Gasteiger partial charge on any atom is -0.497 e. The van der Waals surface area contributed by atoms with Crippen LogP contribution in [0.15, 0.2) is 65.7 Å². The Kier molecular flexibility index (Phi) is 5.82. The van der Waals surface area contributed by atoms with Gasteiger partial charge in [-0.05, 0) is 29.7 Å². The van der Waals surface area contributed by atoms with Crippen LogP contribution in [0.3, 0.4) is 0 Å². The van der Waals surface area contributed by atoms with E-state index < -0.39 is 10.4 Å². The van der Waals surface area contributed by atoms with E-state index >= 15 is 0 Å². The number of benzene rings is 1. The number of methoxy groups -OCH3 is 2. The summed E-state index contributed by atoms with van der Waals surface area (Å²) in [5, 5.41) is -1.83. The average molecular weight is 446 g/mol. The van der Waals surface area contributed by atoms with Crippen molar-refractivity contribution in [2.45, 2.75) is 16.9 Å². The maximum Gasteiger partial charge on any atom is 0.272 e. The normalized spacial score (nSPS) is 23.7. The fourth-order valence-corrected chi connectivity index (χ4v) is 4.52. The Bertz CT molecular complexity index is 1030. The van der Waals surface area contributed by atoms with Gasteiger partial charge in [0.1, 0.15) is 23.2 Å². The zero-order valence-electron chi connectivity index (χ0n) is 16.6. The summed E-state index contributed by atoms with van der Waals surface area (Å²) in [5.41, 5.74) is 3.87. The van der Waals surface area contributed by atoms with Gasteiger partial charge in [0.2, 0.25) is 5.06 Å². The van der Waals surface area contributed by atoms with E-state index in [4.69, 9.17) is 32.7 Å². The van der Waals surface area contributed by atoms with E-state index in [1.165, 1.54) is 20.5 Å². The molecule has 1 aromatic carbocycles. The topological polar surface area (TPSA) is 64.5 Å². The summed E-state index contributed by atoms with van der Waals surface area (Å²) in [4.78, 5) is 23.4. The fraction of sp³-hybridized carbons (Fsp3) is 0.318. The van der Waals surface area contributed by atoms with Crippen molar-refractivity contribution in [2.75, 3.05) is 27.3 Å². The van der Waals surface area contributed by atoms with Gasteiger partial charge in [0.05, 0.1) is 12.8 Å². The predicted molar refractivity (Wildman–Crippen MR) is 115 cm³/mol. The van der Waals surface area contributed by atoms with E-state index in [1.807, 2.05) is 36.4 Å². The SMILES string of the molecule is COC1=CC2=C(CCN(C(=O)c3cc(-c4ccccc4)ncn3)C2)C(Cl)C1(Cl)OC. The smallest absolute Gasteiger partial charge is 0.272 e. The van der Waals surface area contributed by atoms with Crippen molar-refractivity contribution in [2.24, 2.45) is 0 Å². The predicted octanol–water partition coefficient (Wildman–Crippen LogP) is 4.02. The van der Waals surface area contributed by atoms with Crippen LogP contribution in [0.1, 0.15) is 16.9 Å². The summed E-state index contributed by atoms with van der Waals surface area (Å²) in [7, 11) is 3.02. The molecule has 2 heterocycles. The number of nitrogens with zero attached hydrogens (tertiary/aromatic N) is 3. The molecule has 0 N–H and O–H groups in total. The first-order valence-electron chi connectivity index (χ1n) is 9.51. The molecule has 0 saturated carbocycles. The molecule has 1 amide bonds. The molecule has 0 fully saturated rings. The molecule has 1 aliphatic carbocycles. The van der Waals surface area contributed by atoms with E-state index in [0.717, 1.165) is 16.7 Å². The van der Waals surface area contributed by atoms with Gasteiger partial charge in [-0.2, -0.15) is 0 Å². The number of carbonyl (C=O) groups excluding carboxylic acids is 1. The van der Waals surface area contributed by atoms with Crippen molar-refractivity contribution < 1.29 is 14.3 Å². The third kappa shape index (κ3) is 3.60. The molecule has 30 heavy (non-hydrogen) atoms. The summed E-state index contributed by atoms with van der Waals surface area (Å²) in [6.45, 7) is 0.907. The number of hydrogen-bond acceptors (Lipinski definition) is 5. The third-order valence-electron chi connectivity index (χ3n) is 5.46. The Balaban J connectivity index is 1.59. The van der Waals surface area contributed by atoms with Crippen LogP contribution in [0, 0.1) is 0 Å². The molecule has 4 rings (SSSR count). The van der Waals surface area contributed by atoms with E-state index in [2.05, 4.69) is 9.97 Å². The lowest BCUT2D eigenvalue weighted by atomic mass is 9.88. The molecule has 2 aliphatic rings. The van der Waals surface area contributed by atoms with Gasteiger partial charge < -0.3 is 14.4 Å². The second-order valence-corrected chi connectivity index (χ2v) is 8.10. The largest absolute Gasteiger partial charge is 0.497 e. The first-order chi connectivity index (χ1) is 14.5. The summed E-state index contributed by atoms with van der Waals surface area (Å²) < 4.78 is 10.9. The molecule has 8 heteroatoms. The number of ether oxygens (including phenoxy) is 2. The molecule has 1 aliphatic heterocycles. The highest BCUT2D eigenvalue weighted by atomic mass is 35.5. The van der Waals surface area contributed by atoms with Crippen molar-refractivity contribution in [1.82, 2.24) is 14.9 Å². The van der Waals surface area contributed by atoms with Crippen molar-refractivity contribution in [3.8, 4) is 11.3 Å². The molecule has 0 bridgehead atoms. The van der Waals surface area contributed by atoms with Crippen molar-refractivity contribution in [3.63, 3.8) is 0 Å². The highest BCUT2D eigenvalue weighted by Crippen LogP contribution is 2.45. The zero-order valence-corrected chi connectivity index (χ0v) is 18.2.